The van der Waals surface area contributed by atoms with Crippen molar-refractivity contribution in [3.05, 3.63) is 35.0 Å². The normalized spacial score (nSPS) is 17.1. The number of aliphatic hydroxyl groups excluding tert-OH is 1. The molecule has 2 atom stereocenters. The second-order valence-corrected chi connectivity index (χ2v) is 6.49. The molecule has 0 spiro atoms. The number of carbonyl (C=O) groups is 1. The molecular formula is C17H20N4O5. The van der Waals surface area contributed by atoms with Crippen LogP contribution in [0, 0.1) is 24.7 Å². The van der Waals surface area contributed by atoms with Crippen molar-refractivity contribution >= 4 is 5.91 Å². The Morgan fingerprint density at radius 3 is 2.81 bits per heavy atom. The third-order valence-corrected chi connectivity index (χ3v) is 4.22. The van der Waals surface area contributed by atoms with E-state index in [1.165, 1.54) is 13.0 Å². The Morgan fingerprint density at radius 1 is 1.42 bits per heavy atom. The van der Waals surface area contributed by atoms with Crippen LogP contribution in [-0.2, 0) is 11.3 Å². The maximum atomic E-state index is 12.2. The van der Waals surface area contributed by atoms with Gasteiger partial charge in [-0.1, -0.05) is 16.2 Å². The van der Waals surface area contributed by atoms with Crippen molar-refractivity contribution in [3.63, 3.8) is 0 Å². The van der Waals surface area contributed by atoms with Gasteiger partial charge in [0, 0.05) is 24.6 Å². The molecule has 26 heavy (non-hydrogen) atoms. The first-order valence-corrected chi connectivity index (χ1v) is 8.20. The van der Waals surface area contributed by atoms with E-state index in [0.29, 0.717) is 23.1 Å². The Morgan fingerprint density at radius 2 is 2.19 bits per heavy atom. The Bertz CT molecular complexity index is 845. The van der Waals surface area contributed by atoms with Gasteiger partial charge in [-0.05, 0) is 32.6 Å². The summed E-state index contributed by atoms with van der Waals surface area (Å²) in [6.45, 7) is 3.20. The molecule has 1 saturated carbocycles. The molecule has 2 heterocycles. The molecule has 0 radical (unpaired) electrons. The first kappa shape index (κ1) is 18.1. The van der Waals surface area contributed by atoms with Crippen LogP contribution in [0.25, 0.3) is 0 Å². The van der Waals surface area contributed by atoms with Gasteiger partial charge in [0.05, 0.1) is 5.69 Å². The number of hydrogen-bond donors (Lipinski definition) is 4. The summed E-state index contributed by atoms with van der Waals surface area (Å²) in [5, 5.41) is 30.1. The van der Waals surface area contributed by atoms with Gasteiger partial charge in [0.25, 0.3) is 5.91 Å². The number of hydroxylamine groups is 1. The summed E-state index contributed by atoms with van der Waals surface area (Å²) in [4.78, 5) is 12.2. The van der Waals surface area contributed by atoms with Crippen molar-refractivity contribution in [2.24, 2.45) is 5.92 Å². The number of nitrogens with one attached hydrogen (secondary N) is 2. The number of rotatable bonds is 6. The fourth-order valence-corrected chi connectivity index (χ4v) is 2.36. The number of aryl methyl sites for hydroxylation is 1. The highest BCUT2D eigenvalue weighted by atomic mass is 16.5. The molecule has 3 rings (SSSR count). The zero-order valence-electron chi connectivity index (χ0n) is 14.4. The second-order valence-electron chi connectivity index (χ2n) is 6.49. The Balaban J connectivity index is 1.72. The SMILES string of the molecule is Cc1cc([C@H](O)[C@](C)(NCc2cc(C#CC3CC3)on2)C(=O)NO)no1. The second kappa shape index (κ2) is 7.29. The van der Waals surface area contributed by atoms with Gasteiger partial charge >= 0.3 is 0 Å². The van der Waals surface area contributed by atoms with E-state index in [2.05, 4.69) is 27.5 Å². The molecule has 0 unspecified atom stereocenters. The van der Waals surface area contributed by atoms with Crippen LogP contribution in [0.1, 0.15) is 48.8 Å². The fourth-order valence-electron chi connectivity index (χ4n) is 2.36. The van der Waals surface area contributed by atoms with E-state index in [0.717, 1.165) is 12.8 Å². The van der Waals surface area contributed by atoms with Gasteiger partial charge in [-0.15, -0.1) is 0 Å². The number of nitrogens with zero attached hydrogens (tertiary/aromatic N) is 2. The minimum atomic E-state index is -1.59. The fraction of sp³-hybridized carbons (Fsp3) is 0.471. The molecule has 2 aromatic rings. The molecule has 2 aromatic heterocycles. The molecule has 0 aromatic carbocycles. The van der Waals surface area contributed by atoms with E-state index in [4.69, 9.17) is 14.3 Å². The summed E-state index contributed by atoms with van der Waals surface area (Å²) in [5.41, 5.74) is 0.641. The lowest BCUT2D eigenvalue weighted by atomic mass is 9.91. The number of carbonyl (C=O) groups excluding carboxylic acids is 1. The topological polar surface area (TPSA) is 134 Å². The van der Waals surface area contributed by atoms with E-state index in [1.54, 1.807) is 18.5 Å². The smallest absolute Gasteiger partial charge is 0.266 e. The minimum absolute atomic E-state index is 0.104. The van der Waals surface area contributed by atoms with Gasteiger partial charge in [-0.2, -0.15) is 0 Å². The van der Waals surface area contributed by atoms with Gasteiger partial charge in [-0.25, -0.2) is 5.48 Å². The molecule has 1 aliphatic carbocycles. The summed E-state index contributed by atoms with van der Waals surface area (Å²) >= 11 is 0. The Labute approximate surface area is 149 Å². The average Bonchev–Trinajstić information content (AvgIpc) is 3.19. The molecule has 0 aliphatic heterocycles. The van der Waals surface area contributed by atoms with Crippen LogP contribution in [0.3, 0.4) is 0 Å². The zero-order valence-corrected chi connectivity index (χ0v) is 14.4. The van der Waals surface area contributed by atoms with Crippen molar-refractivity contribution in [1.82, 2.24) is 21.1 Å². The lowest BCUT2D eigenvalue weighted by Gasteiger charge is -2.31. The molecule has 1 aliphatic rings. The van der Waals surface area contributed by atoms with E-state index < -0.39 is 17.6 Å². The quantitative estimate of drug-likeness (QED) is 0.338. The van der Waals surface area contributed by atoms with Gasteiger partial charge < -0.3 is 14.2 Å². The molecule has 4 N–H and O–H groups in total. The van der Waals surface area contributed by atoms with Gasteiger partial charge in [0.2, 0.25) is 5.76 Å². The van der Waals surface area contributed by atoms with Crippen LogP contribution in [0.4, 0.5) is 0 Å². The zero-order chi connectivity index (χ0) is 18.7. The van der Waals surface area contributed by atoms with E-state index >= 15 is 0 Å². The summed E-state index contributed by atoms with van der Waals surface area (Å²) in [6, 6.07) is 3.17. The van der Waals surface area contributed by atoms with Crippen LogP contribution in [0.15, 0.2) is 21.2 Å². The van der Waals surface area contributed by atoms with Crippen LogP contribution in [-0.4, -0.2) is 32.1 Å². The van der Waals surface area contributed by atoms with Crippen molar-refractivity contribution in [2.45, 2.75) is 44.9 Å². The van der Waals surface area contributed by atoms with Gasteiger partial charge in [0.1, 0.15) is 23.1 Å². The van der Waals surface area contributed by atoms with Crippen molar-refractivity contribution in [3.8, 4) is 11.8 Å². The van der Waals surface area contributed by atoms with Crippen molar-refractivity contribution in [1.29, 1.82) is 0 Å². The summed E-state index contributed by atoms with van der Waals surface area (Å²) < 4.78 is 10.1. The maximum absolute atomic E-state index is 12.2. The average molecular weight is 360 g/mol. The molecule has 1 fully saturated rings. The lowest BCUT2D eigenvalue weighted by molar-refractivity contribution is -0.141. The van der Waals surface area contributed by atoms with Gasteiger partial charge in [0.15, 0.2) is 0 Å². The van der Waals surface area contributed by atoms with Crippen molar-refractivity contribution < 1.29 is 24.2 Å². The highest BCUT2D eigenvalue weighted by Gasteiger charge is 2.43. The molecule has 138 valence electrons. The molecule has 0 bridgehead atoms. The highest BCUT2D eigenvalue weighted by Crippen LogP contribution is 2.28. The van der Waals surface area contributed by atoms with E-state index in [1.807, 2.05) is 0 Å². The van der Waals surface area contributed by atoms with E-state index in [-0.39, 0.29) is 12.2 Å². The number of hydrogen-bond acceptors (Lipinski definition) is 8. The minimum Gasteiger partial charge on any atom is -0.384 e. The molecule has 9 nitrogen and oxygen atoms in total. The maximum Gasteiger partial charge on any atom is 0.266 e. The third-order valence-electron chi connectivity index (χ3n) is 4.22. The number of aromatic nitrogens is 2. The van der Waals surface area contributed by atoms with Crippen LogP contribution in [0.5, 0.6) is 0 Å². The number of aliphatic hydroxyl groups is 1. The summed E-state index contributed by atoms with van der Waals surface area (Å²) in [6.07, 6.45) is 0.862. The molecule has 0 saturated heterocycles. The molecular weight excluding hydrogens is 340 g/mol. The largest absolute Gasteiger partial charge is 0.384 e. The predicted molar refractivity (Wildman–Crippen MR) is 87.5 cm³/mol. The lowest BCUT2D eigenvalue weighted by Crippen LogP contribution is -2.57. The first-order chi connectivity index (χ1) is 12.4. The standard InChI is InChI=1S/C17H20N4O5/c1-10-7-14(21-25-10)15(22)17(2,16(23)19-24)18-9-12-8-13(26-20-12)6-5-11-3-4-11/h7-8,11,15,18,22,24H,3-4,9H2,1-2H3,(H,19,23)/t15-,17-/m0/s1. The highest BCUT2D eigenvalue weighted by molar-refractivity contribution is 5.85. The predicted octanol–water partition coefficient (Wildman–Crippen LogP) is 0.820. The molecule has 9 heteroatoms. The summed E-state index contributed by atoms with van der Waals surface area (Å²) in [5.74, 6) is 6.52. The van der Waals surface area contributed by atoms with Crippen LogP contribution in [0.2, 0.25) is 0 Å². The molecule has 1 amide bonds. The van der Waals surface area contributed by atoms with E-state index in [9.17, 15) is 9.90 Å². The Hall–Kier alpha value is -2.67. The monoisotopic (exact) mass is 360 g/mol. The van der Waals surface area contributed by atoms with Gasteiger partial charge in [-0.3, -0.25) is 15.3 Å². The van der Waals surface area contributed by atoms with Crippen LogP contribution >= 0.6 is 0 Å². The Kier molecular flexibility index (Phi) is 5.08. The number of amides is 1. The summed E-state index contributed by atoms with van der Waals surface area (Å²) in [7, 11) is 0. The first-order valence-electron chi connectivity index (χ1n) is 8.20. The van der Waals surface area contributed by atoms with Crippen LogP contribution < -0.4 is 10.8 Å². The third kappa shape index (κ3) is 3.94. The van der Waals surface area contributed by atoms with Crippen molar-refractivity contribution in [2.75, 3.05) is 0 Å².